The van der Waals surface area contributed by atoms with E-state index in [1.165, 1.54) is 6.42 Å². The maximum absolute atomic E-state index is 6.13. The minimum absolute atomic E-state index is 0.275. The summed E-state index contributed by atoms with van der Waals surface area (Å²) in [4.78, 5) is 0. The highest BCUT2D eigenvalue weighted by molar-refractivity contribution is 6.20. The Kier molecular flexibility index (Phi) is 9.90. The molecule has 0 heterocycles. The van der Waals surface area contributed by atoms with Crippen LogP contribution in [0.5, 0.6) is 0 Å². The second-order valence-corrected chi connectivity index (χ2v) is 4.75. The van der Waals surface area contributed by atoms with Gasteiger partial charge in [-0.25, -0.2) is 0 Å². The van der Waals surface area contributed by atoms with E-state index < -0.39 is 0 Å². The van der Waals surface area contributed by atoms with Crippen LogP contribution < -0.4 is 5.32 Å². The van der Waals surface area contributed by atoms with Crippen LogP contribution in [0.4, 0.5) is 0 Å². The largest absolute Gasteiger partial charge is 0.385 e. The van der Waals surface area contributed by atoms with E-state index >= 15 is 0 Å². The molecule has 0 aliphatic carbocycles. The Balaban J connectivity index is 3.10. The third-order valence-electron chi connectivity index (χ3n) is 2.05. The van der Waals surface area contributed by atoms with E-state index in [0.717, 1.165) is 32.5 Å². The highest BCUT2D eigenvalue weighted by Gasteiger charge is 2.05. The smallest absolute Gasteiger partial charge is 0.0463 e. The molecule has 1 atom stereocenters. The summed E-state index contributed by atoms with van der Waals surface area (Å²) in [7, 11) is 1.74. The van der Waals surface area contributed by atoms with Gasteiger partial charge in [0.25, 0.3) is 0 Å². The fourth-order valence-electron chi connectivity index (χ4n) is 1.35. The van der Waals surface area contributed by atoms with Gasteiger partial charge >= 0.3 is 0 Å². The number of alkyl halides is 1. The molecule has 0 saturated carbocycles. The summed E-state index contributed by atoms with van der Waals surface area (Å²) in [5, 5.41) is 3.64. The van der Waals surface area contributed by atoms with Gasteiger partial charge in [-0.1, -0.05) is 13.8 Å². The number of unbranched alkanes of at least 4 members (excludes halogenated alkanes) is 1. The zero-order chi connectivity index (χ0) is 10.8. The average Bonchev–Trinajstić information content (AvgIpc) is 2.10. The molecule has 0 saturated heterocycles. The molecule has 14 heavy (non-hydrogen) atoms. The number of methoxy groups -OCH3 is 1. The number of nitrogens with one attached hydrogen (secondary N) is 1. The van der Waals surface area contributed by atoms with Crippen molar-refractivity contribution in [2.24, 2.45) is 5.92 Å². The number of ether oxygens (including phenoxy) is 1. The lowest BCUT2D eigenvalue weighted by Crippen LogP contribution is -2.25. The van der Waals surface area contributed by atoms with Crippen molar-refractivity contribution in [2.45, 2.75) is 38.5 Å². The molecule has 86 valence electrons. The molecule has 0 aromatic heterocycles. The second kappa shape index (κ2) is 9.75. The highest BCUT2D eigenvalue weighted by Crippen LogP contribution is 2.09. The number of hydrogen-bond acceptors (Lipinski definition) is 2. The summed E-state index contributed by atoms with van der Waals surface area (Å²) in [5.41, 5.74) is 0. The Morgan fingerprint density at radius 3 is 2.57 bits per heavy atom. The molecule has 0 spiro atoms. The predicted molar refractivity (Wildman–Crippen MR) is 63.1 cm³/mol. The highest BCUT2D eigenvalue weighted by atomic mass is 35.5. The molecule has 1 unspecified atom stereocenters. The van der Waals surface area contributed by atoms with Gasteiger partial charge < -0.3 is 10.1 Å². The first kappa shape index (κ1) is 14.2. The number of halogens is 1. The van der Waals surface area contributed by atoms with Gasteiger partial charge in [0.05, 0.1) is 0 Å². The van der Waals surface area contributed by atoms with Crippen LogP contribution in [0.15, 0.2) is 0 Å². The van der Waals surface area contributed by atoms with Gasteiger partial charge in [-0.15, -0.1) is 11.6 Å². The normalized spacial score (nSPS) is 13.5. The van der Waals surface area contributed by atoms with Crippen LogP contribution in [0.25, 0.3) is 0 Å². The van der Waals surface area contributed by atoms with Crippen molar-refractivity contribution in [1.29, 1.82) is 0 Å². The molecule has 2 nitrogen and oxygen atoms in total. The second-order valence-electron chi connectivity index (χ2n) is 4.13. The van der Waals surface area contributed by atoms with Crippen LogP contribution in [0, 0.1) is 5.92 Å². The average molecular weight is 222 g/mol. The summed E-state index contributed by atoms with van der Waals surface area (Å²) in [6.07, 6.45) is 3.38. The maximum Gasteiger partial charge on any atom is 0.0463 e. The van der Waals surface area contributed by atoms with E-state index in [0.29, 0.717) is 5.92 Å². The van der Waals surface area contributed by atoms with Crippen LogP contribution in [0.2, 0.25) is 0 Å². The Morgan fingerprint density at radius 1 is 1.29 bits per heavy atom. The molecule has 0 aliphatic heterocycles. The monoisotopic (exact) mass is 221 g/mol. The zero-order valence-corrected chi connectivity index (χ0v) is 10.4. The van der Waals surface area contributed by atoms with Gasteiger partial charge in [0.2, 0.25) is 0 Å². The third kappa shape index (κ3) is 10.3. The van der Waals surface area contributed by atoms with Crippen molar-refractivity contribution in [1.82, 2.24) is 5.32 Å². The van der Waals surface area contributed by atoms with Gasteiger partial charge in [0.1, 0.15) is 0 Å². The fourth-order valence-corrected chi connectivity index (χ4v) is 1.82. The predicted octanol–water partition coefficient (Wildman–Crippen LogP) is 2.66. The van der Waals surface area contributed by atoms with Crippen LogP contribution >= 0.6 is 11.6 Å². The Bertz CT molecular complexity index is 120. The zero-order valence-electron chi connectivity index (χ0n) is 9.68. The van der Waals surface area contributed by atoms with E-state index in [2.05, 4.69) is 19.2 Å². The summed E-state index contributed by atoms with van der Waals surface area (Å²) >= 11 is 6.13. The van der Waals surface area contributed by atoms with E-state index in [9.17, 15) is 0 Å². The molecule has 0 amide bonds. The van der Waals surface area contributed by atoms with Crippen molar-refractivity contribution in [3.63, 3.8) is 0 Å². The van der Waals surface area contributed by atoms with Crippen LogP contribution in [0.3, 0.4) is 0 Å². The lowest BCUT2D eigenvalue weighted by Gasteiger charge is -2.12. The molecular formula is C11H24ClNO. The lowest BCUT2D eigenvalue weighted by molar-refractivity contribution is 0.192. The molecule has 0 rings (SSSR count). The minimum Gasteiger partial charge on any atom is -0.385 e. The van der Waals surface area contributed by atoms with Crippen molar-refractivity contribution in [3.8, 4) is 0 Å². The fraction of sp³-hybridized carbons (Fsp3) is 1.00. The molecule has 0 aromatic rings. The third-order valence-corrected chi connectivity index (χ3v) is 2.38. The minimum atomic E-state index is 0.275. The quantitative estimate of drug-likeness (QED) is 0.478. The van der Waals surface area contributed by atoms with Gasteiger partial charge in [-0.2, -0.15) is 0 Å². The van der Waals surface area contributed by atoms with Crippen LogP contribution in [-0.4, -0.2) is 32.2 Å². The molecular weight excluding hydrogens is 198 g/mol. The van der Waals surface area contributed by atoms with Crippen molar-refractivity contribution >= 4 is 11.6 Å². The van der Waals surface area contributed by atoms with Crippen molar-refractivity contribution in [2.75, 3.05) is 26.8 Å². The summed E-state index contributed by atoms with van der Waals surface area (Å²) in [6, 6.07) is 0. The summed E-state index contributed by atoms with van der Waals surface area (Å²) < 4.78 is 4.97. The Morgan fingerprint density at radius 2 is 2.00 bits per heavy atom. The Hall–Kier alpha value is 0.210. The SMILES string of the molecule is COCCCCNCC(Cl)CC(C)C. The molecule has 0 bridgehead atoms. The van der Waals surface area contributed by atoms with E-state index in [-0.39, 0.29) is 5.38 Å². The van der Waals surface area contributed by atoms with E-state index in [1.54, 1.807) is 7.11 Å². The Labute approximate surface area is 93.4 Å². The first-order valence-corrected chi connectivity index (χ1v) is 5.94. The molecule has 0 aromatic carbocycles. The maximum atomic E-state index is 6.13. The van der Waals surface area contributed by atoms with Crippen LogP contribution in [0.1, 0.15) is 33.1 Å². The molecule has 3 heteroatoms. The first-order valence-electron chi connectivity index (χ1n) is 5.50. The van der Waals surface area contributed by atoms with Crippen molar-refractivity contribution < 1.29 is 4.74 Å². The summed E-state index contributed by atoms with van der Waals surface area (Å²) in [6.45, 7) is 7.23. The summed E-state index contributed by atoms with van der Waals surface area (Å²) in [5.74, 6) is 0.688. The number of hydrogen-bond donors (Lipinski definition) is 1. The van der Waals surface area contributed by atoms with Crippen molar-refractivity contribution in [3.05, 3.63) is 0 Å². The first-order chi connectivity index (χ1) is 6.66. The number of rotatable bonds is 9. The molecule has 0 fully saturated rings. The molecule has 0 aliphatic rings. The van der Waals surface area contributed by atoms with Crippen LogP contribution in [-0.2, 0) is 4.74 Å². The van der Waals surface area contributed by atoms with Gasteiger partial charge in [-0.05, 0) is 31.7 Å². The topological polar surface area (TPSA) is 21.3 Å². The van der Waals surface area contributed by atoms with Gasteiger partial charge in [0, 0.05) is 25.6 Å². The molecule has 0 radical (unpaired) electrons. The molecule has 1 N–H and O–H groups in total. The van der Waals surface area contributed by atoms with E-state index in [1.807, 2.05) is 0 Å². The standard InChI is InChI=1S/C11H24ClNO/c1-10(2)8-11(12)9-13-6-4-5-7-14-3/h10-11,13H,4-9H2,1-3H3. The van der Waals surface area contributed by atoms with Gasteiger partial charge in [-0.3, -0.25) is 0 Å². The lowest BCUT2D eigenvalue weighted by atomic mass is 10.1. The van der Waals surface area contributed by atoms with Gasteiger partial charge in [0.15, 0.2) is 0 Å². The van der Waals surface area contributed by atoms with E-state index in [4.69, 9.17) is 16.3 Å².